The Morgan fingerprint density at radius 2 is 1.53 bits per heavy atom. The Balaban J connectivity index is 3.30. The molecule has 0 spiro atoms. The minimum atomic E-state index is 0.987. The molecule has 0 saturated carbocycles. The van der Waals surface area contributed by atoms with Crippen molar-refractivity contribution in [2.24, 2.45) is 0 Å². The molecule has 0 aliphatic carbocycles. The van der Waals surface area contributed by atoms with E-state index in [0.29, 0.717) is 0 Å². The second kappa shape index (κ2) is 13.0. The molecule has 0 rings (SSSR count). The number of hydrogen-bond acceptors (Lipinski definition) is 0. The quantitative estimate of drug-likeness (QED) is 0.275. The van der Waals surface area contributed by atoms with Gasteiger partial charge in [-0.3, -0.25) is 0 Å². The standard InChI is InChI=1S/C15H24/c1-3-5-7-9-11-13-15-14-12-10-8-6-4-2/h3,7,9-10,12,14-15H,1,4-6,8,11,13H2,2H3/b9-7+,12-10?,15-14?. The molecular weight excluding hydrogens is 180 g/mol. The molecule has 0 heteroatoms. The molecule has 0 amide bonds. The number of rotatable bonds is 9. The van der Waals surface area contributed by atoms with Crippen molar-refractivity contribution >= 4 is 0 Å². The smallest absolute Gasteiger partial charge is 0.0172 e. The molecule has 0 radical (unpaired) electrons. The van der Waals surface area contributed by atoms with Crippen LogP contribution in [0.2, 0.25) is 0 Å². The van der Waals surface area contributed by atoms with Crippen molar-refractivity contribution in [3.05, 3.63) is 49.1 Å². The van der Waals surface area contributed by atoms with Gasteiger partial charge in [-0.2, -0.15) is 0 Å². The maximum atomic E-state index is 3.67. The number of allylic oxidation sites excluding steroid dienone is 7. The summed E-state index contributed by atoms with van der Waals surface area (Å²) in [6.45, 7) is 5.89. The Hall–Kier alpha value is -1.04. The van der Waals surface area contributed by atoms with Gasteiger partial charge in [-0.15, -0.1) is 6.58 Å². The number of unbranched alkanes of at least 4 members (excludes halogenated alkanes) is 3. The first kappa shape index (κ1) is 14.0. The Labute approximate surface area is 95.1 Å². The van der Waals surface area contributed by atoms with Crippen LogP contribution in [0, 0.1) is 0 Å². The highest BCUT2D eigenvalue weighted by molar-refractivity contribution is 5.03. The highest BCUT2D eigenvalue weighted by Crippen LogP contribution is 1.97. The fourth-order valence-electron chi connectivity index (χ4n) is 1.17. The molecule has 84 valence electrons. The van der Waals surface area contributed by atoms with Crippen LogP contribution in [0.5, 0.6) is 0 Å². The van der Waals surface area contributed by atoms with E-state index in [2.05, 4.69) is 50.0 Å². The molecule has 0 atom stereocenters. The van der Waals surface area contributed by atoms with Gasteiger partial charge in [-0.25, -0.2) is 0 Å². The maximum Gasteiger partial charge on any atom is -0.0172 e. The molecular formula is C15H24. The van der Waals surface area contributed by atoms with Gasteiger partial charge in [0.25, 0.3) is 0 Å². The van der Waals surface area contributed by atoms with Gasteiger partial charge in [0.1, 0.15) is 0 Å². The molecule has 0 saturated heterocycles. The molecule has 0 aliphatic rings. The van der Waals surface area contributed by atoms with Gasteiger partial charge in [0.2, 0.25) is 0 Å². The molecule has 0 heterocycles. The summed E-state index contributed by atoms with van der Waals surface area (Å²) in [6, 6.07) is 0. The fourth-order valence-corrected chi connectivity index (χ4v) is 1.17. The maximum absolute atomic E-state index is 3.67. The SMILES string of the molecule is C=CC/C=C/CCC=CC=CCCCC. The summed E-state index contributed by atoms with van der Waals surface area (Å²) in [4.78, 5) is 0. The second-order valence-electron chi connectivity index (χ2n) is 3.57. The van der Waals surface area contributed by atoms with Crippen molar-refractivity contribution in [1.29, 1.82) is 0 Å². The summed E-state index contributed by atoms with van der Waals surface area (Å²) >= 11 is 0. The van der Waals surface area contributed by atoms with Crippen molar-refractivity contribution in [3.8, 4) is 0 Å². The summed E-state index contributed by atoms with van der Waals surface area (Å²) in [5.74, 6) is 0. The van der Waals surface area contributed by atoms with Crippen LogP contribution in [0.1, 0.15) is 45.4 Å². The Bertz CT molecular complexity index is 206. The van der Waals surface area contributed by atoms with E-state index in [-0.39, 0.29) is 0 Å². The highest BCUT2D eigenvalue weighted by atomic mass is 13.8. The normalized spacial score (nSPS) is 12.1. The molecule has 0 nitrogen and oxygen atoms in total. The van der Waals surface area contributed by atoms with E-state index >= 15 is 0 Å². The summed E-state index contributed by atoms with van der Waals surface area (Å²) in [5, 5.41) is 0. The molecule has 0 fully saturated rings. The van der Waals surface area contributed by atoms with Crippen molar-refractivity contribution in [2.75, 3.05) is 0 Å². The lowest BCUT2D eigenvalue weighted by molar-refractivity contribution is 0.815. The van der Waals surface area contributed by atoms with Crippen LogP contribution in [-0.2, 0) is 0 Å². The first-order valence-electron chi connectivity index (χ1n) is 5.99. The zero-order valence-electron chi connectivity index (χ0n) is 9.99. The van der Waals surface area contributed by atoms with Crippen LogP contribution in [0.15, 0.2) is 49.1 Å². The molecule has 0 aromatic heterocycles. The third-order valence-corrected chi connectivity index (χ3v) is 2.08. The van der Waals surface area contributed by atoms with Crippen LogP contribution in [0.25, 0.3) is 0 Å². The highest BCUT2D eigenvalue weighted by Gasteiger charge is 1.77. The van der Waals surface area contributed by atoms with Crippen LogP contribution in [0.3, 0.4) is 0 Å². The Morgan fingerprint density at radius 3 is 2.20 bits per heavy atom. The predicted octanol–water partition coefficient (Wildman–Crippen LogP) is 5.20. The summed E-state index contributed by atoms with van der Waals surface area (Å²) in [5.41, 5.74) is 0. The minimum Gasteiger partial charge on any atom is -0.103 e. The minimum absolute atomic E-state index is 0.987. The molecule has 0 aromatic carbocycles. The molecule has 0 bridgehead atoms. The first-order chi connectivity index (χ1) is 7.41. The molecule has 0 N–H and O–H groups in total. The molecule has 15 heavy (non-hydrogen) atoms. The van der Waals surface area contributed by atoms with Crippen molar-refractivity contribution in [3.63, 3.8) is 0 Å². The van der Waals surface area contributed by atoms with Gasteiger partial charge in [0, 0.05) is 0 Å². The van der Waals surface area contributed by atoms with E-state index < -0.39 is 0 Å². The zero-order valence-corrected chi connectivity index (χ0v) is 9.99. The van der Waals surface area contributed by atoms with Gasteiger partial charge < -0.3 is 0 Å². The topological polar surface area (TPSA) is 0 Å². The van der Waals surface area contributed by atoms with Gasteiger partial charge in [-0.1, -0.05) is 62.3 Å². The lowest BCUT2D eigenvalue weighted by atomic mass is 10.2. The van der Waals surface area contributed by atoms with Crippen LogP contribution >= 0.6 is 0 Å². The van der Waals surface area contributed by atoms with Crippen LogP contribution in [-0.4, -0.2) is 0 Å². The largest absolute Gasteiger partial charge is 0.103 e. The van der Waals surface area contributed by atoms with E-state index in [9.17, 15) is 0 Å². The van der Waals surface area contributed by atoms with Crippen molar-refractivity contribution in [2.45, 2.75) is 45.4 Å². The van der Waals surface area contributed by atoms with Crippen LogP contribution < -0.4 is 0 Å². The van der Waals surface area contributed by atoms with E-state index in [0.717, 1.165) is 19.3 Å². The lowest BCUT2D eigenvalue weighted by Crippen LogP contribution is -1.66. The van der Waals surface area contributed by atoms with E-state index in [1.807, 2.05) is 6.08 Å². The number of hydrogen-bond donors (Lipinski definition) is 0. The van der Waals surface area contributed by atoms with Crippen LogP contribution in [0.4, 0.5) is 0 Å². The molecule has 0 unspecified atom stereocenters. The average molecular weight is 204 g/mol. The average Bonchev–Trinajstić information content (AvgIpc) is 2.26. The first-order valence-corrected chi connectivity index (χ1v) is 5.99. The van der Waals surface area contributed by atoms with Gasteiger partial charge >= 0.3 is 0 Å². The van der Waals surface area contributed by atoms with E-state index in [1.54, 1.807) is 0 Å². The Morgan fingerprint density at radius 1 is 0.867 bits per heavy atom. The fraction of sp³-hybridized carbons (Fsp3) is 0.467. The molecule has 0 aliphatic heterocycles. The van der Waals surface area contributed by atoms with Gasteiger partial charge in [0.05, 0.1) is 0 Å². The van der Waals surface area contributed by atoms with Crippen molar-refractivity contribution in [1.82, 2.24) is 0 Å². The predicted molar refractivity (Wildman–Crippen MR) is 71.0 cm³/mol. The molecule has 0 aromatic rings. The summed E-state index contributed by atoms with van der Waals surface area (Å²) in [7, 11) is 0. The third kappa shape index (κ3) is 13.0. The summed E-state index contributed by atoms with van der Waals surface area (Å²) < 4.78 is 0. The monoisotopic (exact) mass is 204 g/mol. The van der Waals surface area contributed by atoms with Gasteiger partial charge in [0.15, 0.2) is 0 Å². The van der Waals surface area contributed by atoms with E-state index in [1.165, 1.54) is 19.3 Å². The second-order valence-corrected chi connectivity index (χ2v) is 3.57. The van der Waals surface area contributed by atoms with E-state index in [4.69, 9.17) is 0 Å². The summed E-state index contributed by atoms with van der Waals surface area (Å²) in [6.07, 6.45) is 22.1. The zero-order chi connectivity index (χ0) is 11.2. The van der Waals surface area contributed by atoms with Crippen molar-refractivity contribution < 1.29 is 0 Å². The van der Waals surface area contributed by atoms with Gasteiger partial charge in [-0.05, 0) is 25.7 Å². The lowest BCUT2D eigenvalue weighted by Gasteiger charge is -1.87. The Kier molecular flexibility index (Phi) is 12.1. The third-order valence-electron chi connectivity index (χ3n) is 2.08.